The van der Waals surface area contributed by atoms with Crippen molar-refractivity contribution in [3.05, 3.63) is 0 Å². The number of nitrogens with zero attached hydrogens (tertiary/aromatic N) is 1. The first-order valence-electron chi connectivity index (χ1n) is 7.13. The van der Waals surface area contributed by atoms with Crippen LogP contribution < -0.4 is 40.0 Å². The molecule has 146 valence electrons. The van der Waals surface area contributed by atoms with Crippen molar-refractivity contribution < 1.29 is 77.3 Å². The number of amidine groups is 1. The van der Waals surface area contributed by atoms with Crippen molar-refractivity contribution in [2.75, 3.05) is 0 Å². The summed E-state index contributed by atoms with van der Waals surface area (Å²) in [7, 11) is -10.1. The van der Waals surface area contributed by atoms with Crippen LogP contribution in [0.4, 0.5) is 0 Å². The van der Waals surface area contributed by atoms with E-state index in [0.29, 0.717) is 6.42 Å². The van der Waals surface area contributed by atoms with Crippen LogP contribution in [-0.2, 0) is 23.0 Å². The zero-order valence-electron chi connectivity index (χ0n) is 14.8. The molecule has 2 amide bonds. The van der Waals surface area contributed by atoms with Gasteiger partial charge >= 0.3 is 45.2 Å². The van der Waals surface area contributed by atoms with Crippen molar-refractivity contribution in [2.45, 2.75) is 40.0 Å². The molecule has 0 fully saturated rings. The van der Waals surface area contributed by atoms with Crippen LogP contribution in [0.3, 0.4) is 0 Å². The van der Waals surface area contributed by atoms with Gasteiger partial charge in [-0.1, -0.05) is 27.2 Å². The number of amides is 2. The van der Waals surface area contributed by atoms with Gasteiger partial charge in [0.25, 0.3) is 5.91 Å². The maximum atomic E-state index is 11.9. The van der Waals surface area contributed by atoms with Crippen molar-refractivity contribution >= 4 is 33.5 Å². The largest absolute Gasteiger partial charge is 1.00 e. The molecule has 15 heteroatoms. The van der Waals surface area contributed by atoms with E-state index in [4.69, 9.17) is 19.6 Å². The number of hydrogen-bond donors (Lipinski definition) is 5. The maximum absolute atomic E-state index is 11.9. The Bertz CT molecular complexity index is 610. The first-order valence-corrected chi connectivity index (χ1v) is 10.2. The van der Waals surface area contributed by atoms with E-state index in [1.54, 1.807) is 6.92 Å². The summed E-state index contributed by atoms with van der Waals surface area (Å²) in [5.74, 6) is -1.20. The molecule has 1 aliphatic heterocycles. The van der Waals surface area contributed by atoms with Crippen LogP contribution >= 0.6 is 15.6 Å². The maximum Gasteiger partial charge on any atom is 1.00 e. The van der Waals surface area contributed by atoms with Crippen LogP contribution in [-0.4, -0.2) is 37.4 Å². The average Bonchev–Trinajstić information content (AvgIpc) is 2.35. The summed E-state index contributed by atoms with van der Waals surface area (Å²) in [6.07, 6.45) is 2.02. The van der Waals surface area contributed by atoms with E-state index in [0.717, 1.165) is 12.8 Å². The average molecular weight is 426 g/mol. The SMILES string of the molecule is CCCC(C)C1(CC)C(=O)N=C([O-])NC1=O.O=P(O)(O)OP(=O)(O)O.[Na+]. The van der Waals surface area contributed by atoms with Gasteiger partial charge in [-0.2, -0.15) is 4.31 Å². The van der Waals surface area contributed by atoms with Crippen LogP contribution in [0, 0.1) is 11.3 Å². The normalized spacial score (nSPS) is 21.6. The summed E-state index contributed by atoms with van der Waals surface area (Å²) in [6, 6.07) is -0.845. The third-order valence-corrected chi connectivity index (χ3v) is 5.25. The number of aliphatic imine (C=N–C) groups is 1. The van der Waals surface area contributed by atoms with Gasteiger partial charge in [-0.05, 0) is 18.8 Å². The third kappa shape index (κ3) is 8.71. The van der Waals surface area contributed by atoms with Gasteiger partial charge in [0.05, 0.1) is 6.02 Å². The molecule has 26 heavy (non-hydrogen) atoms. The molecule has 0 aliphatic carbocycles. The van der Waals surface area contributed by atoms with Crippen molar-refractivity contribution in [2.24, 2.45) is 16.3 Å². The molecule has 0 saturated carbocycles. The fourth-order valence-corrected chi connectivity index (χ4v) is 3.55. The van der Waals surface area contributed by atoms with Crippen LogP contribution in [0.15, 0.2) is 4.99 Å². The minimum absolute atomic E-state index is 0. The van der Waals surface area contributed by atoms with Crippen molar-refractivity contribution in [1.82, 2.24) is 5.32 Å². The zero-order chi connectivity index (χ0) is 20.1. The van der Waals surface area contributed by atoms with Crippen molar-refractivity contribution in [3.63, 3.8) is 0 Å². The number of rotatable bonds is 6. The summed E-state index contributed by atoms with van der Waals surface area (Å²) < 4.78 is 22.2. The number of nitrogens with one attached hydrogen (secondary N) is 1. The molecule has 0 spiro atoms. The predicted molar refractivity (Wildman–Crippen MR) is 82.6 cm³/mol. The topological polar surface area (TPSA) is 206 Å². The van der Waals surface area contributed by atoms with Gasteiger partial charge in [-0.15, -0.1) is 0 Å². The standard InChI is InChI=1S/C11H18N2O3.Na.H4O7P2/c1-4-6-7(3)11(5-2)8(14)12-10(16)13-9(11)15;;1-8(2,3)7-9(4,5)6/h7H,4-6H2,1-3H3,(H2,12,13,14,15,16);;(H2,1,2,3)(H2,4,5,6)/q;+1;/p-1. The van der Waals surface area contributed by atoms with Gasteiger partial charge in [-0.25, -0.2) is 14.1 Å². The van der Waals surface area contributed by atoms with Crippen LogP contribution in [0.5, 0.6) is 0 Å². The molecule has 1 heterocycles. The smallest absolute Gasteiger partial charge is 0.846 e. The first-order chi connectivity index (χ1) is 11.2. The van der Waals surface area contributed by atoms with E-state index >= 15 is 0 Å². The Morgan fingerprint density at radius 2 is 1.65 bits per heavy atom. The molecule has 0 aromatic heterocycles. The van der Waals surface area contributed by atoms with E-state index in [-0.39, 0.29) is 35.5 Å². The van der Waals surface area contributed by atoms with Crippen LogP contribution in [0.25, 0.3) is 0 Å². The fraction of sp³-hybridized carbons (Fsp3) is 0.727. The molecule has 1 aliphatic rings. The molecule has 0 aromatic carbocycles. The van der Waals surface area contributed by atoms with Gasteiger partial charge in [0.2, 0.25) is 5.91 Å². The Balaban J connectivity index is 0. The van der Waals surface area contributed by atoms with E-state index in [2.05, 4.69) is 14.6 Å². The Labute approximate surface area is 172 Å². The van der Waals surface area contributed by atoms with E-state index in [1.165, 1.54) is 0 Å². The van der Waals surface area contributed by atoms with Gasteiger partial charge in [0, 0.05) is 0 Å². The van der Waals surface area contributed by atoms with Gasteiger partial charge < -0.3 is 30.0 Å². The number of hydrogen-bond acceptors (Lipinski definition) is 6. The molecule has 2 unspecified atom stereocenters. The second kappa shape index (κ2) is 11.0. The van der Waals surface area contributed by atoms with E-state index < -0.39 is 38.9 Å². The Morgan fingerprint density at radius 3 is 1.92 bits per heavy atom. The number of carbonyl (C=O) groups excluding carboxylic acids is 2. The second-order valence-corrected chi connectivity index (χ2v) is 7.87. The molecule has 2 atom stereocenters. The quantitative estimate of drug-likeness (QED) is 0.160. The molecule has 0 bridgehead atoms. The molecule has 0 radical (unpaired) electrons. The minimum Gasteiger partial charge on any atom is -0.846 e. The first kappa shape index (κ1) is 28.1. The van der Waals surface area contributed by atoms with E-state index in [9.17, 15) is 23.8 Å². The molecular weight excluding hydrogens is 405 g/mol. The summed E-state index contributed by atoms with van der Waals surface area (Å²) in [5, 5.41) is 13.1. The summed E-state index contributed by atoms with van der Waals surface area (Å²) in [4.78, 5) is 58.1. The summed E-state index contributed by atoms with van der Waals surface area (Å²) in [6.45, 7) is 5.62. The van der Waals surface area contributed by atoms with Crippen LogP contribution in [0.1, 0.15) is 40.0 Å². The van der Waals surface area contributed by atoms with Crippen LogP contribution in [0.2, 0.25) is 0 Å². The summed E-state index contributed by atoms with van der Waals surface area (Å²) >= 11 is 0. The second-order valence-electron chi connectivity index (χ2n) is 5.25. The van der Waals surface area contributed by atoms with E-state index in [1.807, 2.05) is 13.8 Å². The Kier molecular flexibility index (Phi) is 11.9. The number of carbonyl (C=O) groups is 2. The fourth-order valence-electron chi connectivity index (χ4n) is 2.44. The molecule has 0 aromatic rings. The molecule has 1 rings (SSSR count). The minimum atomic E-state index is -5.05. The van der Waals surface area contributed by atoms with Gasteiger partial charge in [0.1, 0.15) is 5.41 Å². The molecule has 0 saturated heterocycles. The van der Waals surface area contributed by atoms with Crippen molar-refractivity contribution in [3.8, 4) is 0 Å². The molecular formula is C11H21N2NaO10P2. The Morgan fingerprint density at radius 1 is 1.19 bits per heavy atom. The summed E-state index contributed by atoms with van der Waals surface area (Å²) in [5.41, 5.74) is -1.15. The number of phosphoric acid groups is 2. The zero-order valence-corrected chi connectivity index (χ0v) is 18.6. The molecule has 12 nitrogen and oxygen atoms in total. The van der Waals surface area contributed by atoms with Crippen molar-refractivity contribution in [1.29, 1.82) is 0 Å². The molecule has 5 N–H and O–H groups in total. The van der Waals surface area contributed by atoms with Gasteiger partial charge in [-0.3, -0.25) is 9.59 Å². The Hall–Kier alpha value is -0.130. The monoisotopic (exact) mass is 426 g/mol. The van der Waals surface area contributed by atoms with Gasteiger partial charge in [0.15, 0.2) is 0 Å². The third-order valence-electron chi connectivity index (χ3n) is 3.54. The predicted octanol–water partition coefficient (Wildman–Crippen LogP) is -3.62.